The van der Waals surface area contributed by atoms with E-state index in [4.69, 9.17) is 0 Å². The van der Waals surface area contributed by atoms with Gasteiger partial charge in [-0.15, -0.1) is 0 Å². The highest BCUT2D eigenvalue weighted by atomic mass is 79.9. The van der Waals surface area contributed by atoms with Crippen molar-refractivity contribution < 1.29 is 0 Å². The Bertz CT molecular complexity index is 582. The molecule has 0 N–H and O–H groups in total. The van der Waals surface area contributed by atoms with Crippen molar-refractivity contribution in [1.29, 1.82) is 0 Å². The first kappa shape index (κ1) is 10.8. The van der Waals surface area contributed by atoms with Crippen LogP contribution in [-0.2, 0) is 0 Å². The summed E-state index contributed by atoms with van der Waals surface area (Å²) in [5, 5.41) is 0. The van der Waals surface area contributed by atoms with Gasteiger partial charge < -0.3 is 0 Å². The Morgan fingerprint density at radius 3 is 2.53 bits per heavy atom. The van der Waals surface area contributed by atoms with Crippen LogP contribution in [0.15, 0.2) is 53.0 Å². The molecule has 2 aromatic carbocycles. The molecule has 0 aliphatic heterocycles. The van der Waals surface area contributed by atoms with Gasteiger partial charge in [-0.1, -0.05) is 64.5 Å². The van der Waals surface area contributed by atoms with Gasteiger partial charge in [0, 0.05) is 10.4 Å². The average molecular weight is 285 g/mol. The zero-order valence-corrected chi connectivity index (χ0v) is 11.2. The molecule has 1 atom stereocenters. The molecule has 0 radical (unpaired) electrons. The molecule has 0 bridgehead atoms. The lowest BCUT2D eigenvalue weighted by Gasteiger charge is -2.15. The Balaban J connectivity index is 2.16. The van der Waals surface area contributed by atoms with E-state index in [2.05, 4.69) is 77.5 Å². The summed E-state index contributed by atoms with van der Waals surface area (Å²) in [5.41, 5.74) is 5.50. The van der Waals surface area contributed by atoms with Gasteiger partial charge in [0.1, 0.15) is 0 Å². The van der Waals surface area contributed by atoms with Crippen LogP contribution in [0.2, 0.25) is 0 Å². The van der Waals surface area contributed by atoms with E-state index in [1.807, 2.05) is 0 Å². The van der Waals surface area contributed by atoms with Crippen LogP contribution in [0.4, 0.5) is 0 Å². The maximum absolute atomic E-state index is 3.62. The van der Waals surface area contributed by atoms with Crippen LogP contribution < -0.4 is 0 Å². The fourth-order valence-electron chi connectivity index (χ4n) is 2.52. The van der Waals surface area contributed by atoms with Crippen LogP contribution in [0, 0.1) is 6.92 Å². The highest BCUT2D eigenvalue weighted by molar-refractivity contribution is 9.10. The Labute approximate surface area is 110 Å². The third kappa shape index (κ3) is 1.75. The van der Waals surface area contributed by atoms with Crippen LogP contribution in [-0.4, -0.2) is 0 Å². The van der Waals surface area contributed by atoms with E-state index in [1.165, 1.54) is 26.7 Å². The molecule has 17 heavy (non-hydrogen) atoms. The summed E-state index contributed by atoms with van der Waals surface area (Å²) in [6.45, 7) is 2.19. The average Bonchev–Trinajstić information content (AvgIpc) is 2.79. The van der Waals surface area contributed by atoms with Crippen LogP contribution >= 0.6 is 15.9 Å². The number of hydrogen-bond donors (Lipinski definition) is 0. The minimum Gasteiger partial charge on any atom is -0.0720 e. The van der Waals surface area contributed by atoms with Crippen molar-refractivity contribution in [3.63, 3.8) is 0 Å². The quantitative estimate of drug-likeness (QED) is 0.698. The number of fused-ring (bicyclic) bond motifs is 1. The zero-order valence-electron chi connectivity index (χ0n) is 9.65. The molecule has 0 spiro atoms. The molecule has 1 aliphatic rings. The topological polar surface area (TPSA) is 0 Å². The van der Waals surface area contributed by atoms with Gasteiger partial charge in [-0.3, -0.25) is 0 Å². The summed E-state index contributed by atoms with van der Waals surface area (Å²) in [6, 6.07) is 15.0. The zero-order chi connectivity index (χ0) is 11.8. The smallest absolute Gasteiger partial charge is 0.0281 e. The standard InChI is InChI=1S/C16H13Br/c1-11-15(17)10-8-13-7-9-14(16(11)13)12-5-3-2-4-6-12/h2-10,14H,1H3. The molecule has 0 heterocycles. The summed E-state index contributed by atoms with van der Waals surface area (Å²) >= 11 is 3.62. The van der Waals surface area contributed by atoms with E-state index >= 15 is 0 Å². The van der Waals surface area contributed by atoms with Gasteiger partial charge >= 0.3 is 0 Å². The highest BCUT2D eigenvalue weighted by Crippen LogP contribution is 2.39. The molecule has 1 aliphatic carbocycles. The number of rotatable bonds is 1. The minimum atomic E-state index is 0.406. The minimum absolute atomic E-state index is 0.406. The molecule has 0 nitrogen and oxygen atoms in total. The number of halogens is 1. The maximum Gasteiger partial charge on any atom is 0.0281 e. The Kier molecular flexibility index (Phi) is 2.64. The second-order valence-electron chi connectivity index (χ2n) is 4.42. The third-order valence-corrected chi connectivity index (χ3v) is 4.28. The molecule has 1 unspecified atom stereocenters. The molecular weight excluding hydrogens is 272 g/mol. The van der Waals surface area contributed by atoms with Crippen LogP contribution in [0.5, 0.6) is 0 Å². The summed E-state index contributed by atoms with van der Waals surface area (Å²) in [4.78, 5) is 0. The van der Waals surface area contributed by atoms with Gasteiger partial charge in [0.25, 0.3) is 0 Å². The molecule has 0 saturated carbocycles. The fourth-order valence-corrected chi connectivity index (χ4v) is 2.86. The van der Waals surface area contributed by atoms with E-state index in [0.29, 0.717) is 5.92 Å². The molecule has 0 aromatic heterocycles. The van der Waals surface area contributed by atoms with Crippen molar-refractivity contribution in [3.05, 3.63) is 75.3 Å². The highest BCUT2D eigenvalue weighted by Gasteiger charge is 2.21. The summed E-state index contributed by atoms with van der Waals surface area (Å²) in [6.07, 6.45) is 4.52. The largest absolute Gasteiger partial charge is 0.0720 e. The molecule has 2 aromatic rings. The predicted octanol–water partition coefficient (Wildman–Crippen LogP) is 4.92. The number of hydrogen-bond acceptors (Lipinski definition) is 0. The van der Waals surface area contributed by atoms with Gasteiger partial charge in [0.05, 0.1) is 0 Å². The normalized spacial score (nSPS) is 17.2. The first-order chi connectivity index (χ1) is 8.27. The Hall–Kier alpha value is -1.34. The van der Waals surface area contributed by atoms with E-state index in [-0.39, 0.29) is 0 Å². The van der Waals surface area contributed by atoms with E-state index in [1.54, 1.807) is 0 Å². The van der Waals surface area contributed by atoms with Gasteiger partial charge in [-0.25, -0.2) is 0 Å². The lowest BCUT2D eigenvalue weighted by molar-refractivity contribution is 1.03. The molecule has 0 fully saturated rings. The van der Waals surface area contributed by atoms with Crippen LogP contribution in [0.1, 0.15) is 28.2 Å². The molecule has 0 amide bonds. The molecular formula is C16H13Br. The van der Waals surface area contributed by atoms with Gasteiger partial charge in [-0.2, -0.15) is 0 Å². The summed E-state index contributed by atoms with van der Waals surface area (Å²) in [5.74, 6) is 0.406. The van der Waals surface area contributed by atoms with E-state index in [0.717, 1.165) is 0 Å². The van der Waals surface area contributed by atoms with Crippen molar-refractivity contribution >= 4 is 22.0 Å². The van der Waals surface area contributed by atoms with Crippen LogP contribution in [0.3, 0.4) is 0 Å². The first-order valence-electron chi connectivity index (χ1n) is 5.79. The van der Waals surface area contributed by atoms with Crippen molar-refractivity contribution in [1.82, 2.24) is 0 Å². The SMILES string of the molecule is Cc1c(Br)ccc2c1C(c1ccccc1)C=C2. The summed E-state index contributed by atoms with van der Waals surface area (Å²) < 4.78 is 1.20. The Morgan fingerprint density at radius 1 is 1.00 bits per heavy atom. The second-order valence-corrected chi connectivity index (χ2v) is 5.28. The third-order valence-electron chi connectivity index (χ3n) is 3.42. The molecule has 3 rings (SSSR count). The molecule has 1 heteroatoms. The van der Waals surface area contributed by atoms with Gasteiger partial charge in [-0.05, 0) is 35.2 Å². The van der Waals surface area contributed by atoms with Crippen molar-refractivity contribution in [3.8, 4) is 0 Å². The molecule has 84 valence electrons. The van der Waals surface area contributed by atoms with E-state index in [9.17, 15) is 0 Å². The Morgan fingerprint density at radius 2 is 1.76 bits per heavy atom. The first-order valence-corrected chi connectivity index (χ1v) is 6.59. The lowest BCUT2D eigenvalue weighted by Crippen LogP contribution is -1.99. The molecule has 0 saturated heterocycles. The fraction of sp³-hybridized carbons (Fsp3) is 0.125. The van der Waals surface area contributed by atoms with Gasteiger partial charge in [0.15, 0.2) is 0 Å². The van der Waals surface area contributed by atoms with Crippen molar-refractivity contribution in [2.24, 2.45) is 0 Å². The van der Waals surface area contributed by atoms with Crippen molar-refractivity contribution in [2.45, 2.75) is 12.8 Å². The number of allylic oxidation sites excluding steroid dienone is 1. The van der Waals surface area contributed by atoms with Crippen molar-refractivity contribution in [2.75, 3.05) is 0 Å². The lowest BCUT2D eigenvalue weighted by atomic mass is 9.90. The summed E-state index contributed by atoms with van der Waals surface area (Å²) in [7, 11) is 0. The number of benzene rings is 2. The predicted molar refractivity (Wildman–Crippen MR) is 76.2 cm³/mol. The second kappa shape index (κ2) is 4.15. The van der Waals surface area contributed by atoms with Crippen LogP contribution in [0.25, 0.3) is 6.08 Å². The maximum atomic E-state index is 3.62. The van der Waals surface area contributed by atoms with Gasteiger partial charge in [0.2, 0.25) is 0 Å². The van der Waals surface area contributed by atoms with E-state index < -0.39 is 0 Å². The monoisotopic (exact) mass is 284 g/mol.